The van der Waals surface area contributed by atoms with Crippen molar-refractivity contribution < 1.29 is 131 Å². The number of carboxylic acids is 3. The zero-order valence-corrected chi connectivity index (χ0v) is 51.3. The molecule has 0 amide bonds. The average Bonchev–Trinajstić information content (AvgIpc) is 4.08. The van der Waals surface area contributed by atoms with E-state index in [0.717, 1.165) is 64.1 Å². The van der Waals surface area contributed by atoms with Gasteiger partial charge in [0.1, 0.15) is 24.8 Å². The number of halogens is 10. The van der Waals surface area contributed by atoms with E-state index in [9.17, 15) is 44.6 Å². The van der Waals surface area contributed by atoms with Crippen LogP contribution in [-0.4, -0.2) is 89.7 Å². The molecule has 0 aliphatic rings. The molecule has 27 heteroatoms. The summed E-state index contributed by atoms with van der Waals surface area (Å²) in [5, 5.41) is 33.6. The fraction of sp³-hybridized carbons (Fsp3) is 0.755. The van der Waals surface area contributed by atoms with E-state index in [2.05, 4.69) is 76.6 Å². The van der Waals surface area contributed by atoms with Gasteiger partial charge in [0.25, 0.3) is 0 Å². The van der Waals surface area contributed by atoms with Crippen molar-refractivity contribution in [1.29, 1.82) is 0 Å². The molecule has 0 saturated heterocycles. The number of aliphatic hydroxyl groups excluding tert-OH is 1. The molecule has 0 spiro atoms. The molecule has 6 N–H and O–H groups in total. The Hall–Kier alpha value is -2.51. The molecule has 0 bridgehead atoms. The van der Waals surface area contributed by atoms with Crippen LogP contribution in [0.3, 0.4) is 0 Å². The average molecular weight is 1250 g/mol. The van der Waals surface area contributed by atoms with Crippen LogP contribution in [0.25, 0.3) is 0 Å². The first-order chi connectivity index (χ1) is 34.3. The minimum absolute atomic E-state index is 0. The van der Waals surface area contributed by atoms with Gasteiger partial charge < -0.3 is 69.4 Å². The third-order valence-corrected chi connectivity index (χ3v) is 11.0. The van der Waals surface area contributed by atoms with Crippen LogP contribution in [0.2, 0.25) is 0 Å². The number of alkyl halides is 1. The second kappa shape index (κ2) is 68.6. The van der Waals surface area contributed by atoms with Crippen LogP contribution in [0.5, 0.6) is 0 Å². The molecule has 0 aliphatic heterocycles. The molecule has 0 atom stereocenters. The van der Waals surface area contributed by atoms with E-state index in [1.807, 2.05) is 31.9 Å². The van der Waals surface area contributed by atoms with Crippen LogP contribution in [0.4, 0.5) is 30.2 Å². The van der Waals surface area contributed by atoms with Gasteiger partial charge in [-0.05, 0) is 51.4 Å². The molecule has 3 rings (SSSR count). The quantitative estimate of drug-likeness (QED) is 0.0226. The molecule has 0 fully saturated rings. The van der Waals surface area contributed by atoms with E-state index >= 15 is 0 Å². The minimum atomic E-state index is -6.00. The van der Waals surface area contributed by atoms with Crippen molar-refractivity contribution in [2.75, 3.05) is 12.4 Å². The molecular formula is C49H93B2Br2F8N6NaO8. The monoisotopic (exact) mass is 1250 g/mol. The third kappa shape index (κ3) is 91.0. The molecule has 0 aliphatic carbocycles. The zero-order valence-electron chi connectivity index (χ0n) is 46.2. The Morgan fingerprint density at radius 3 is 0.947 bits per heavy atom. The Kier molecular flexibility index (Phi) is 81.3. The molecule has 3 heterocycles. The molecule has 0 radical (unpaired) electrons. The number of unbranched alkanes of at least 4 members (excludes halogenated alkanes) is 24. The number of rotatable bonds is 35. The fourth-order valence-corrected chi connectivity index (χ4v) is 7.21. The van der Waals surface area contributed by atoms with Gasteiger partial charge in [-0.25, -0.2) is 23.3 Å². The van der Waals surface area contributed by atoms with Gasteiger partial charge in [0, 0.05) is 51.1 Å². The molecule has 444 valence electrons. The summed E-state index contributed by atoms with van der Waals surface area (Å²) in [6.07, 6.45) is 51.7. The molecule has 3 aromatic heterocycles. The Balaban J connectivity index is -0.000000129. The number of hydrogen-bond acceptors (Lipinski definition) is 5. The van der Waals surface area contributed by atoms with Gasteiger partial charge in [0.05, 0.1) is 33.5 Å². The standard InChI is InChI=1S/2C16H28N2O2.C12H23BrO2.C4H6N2.CH4O.BF4.BF3.BrH.FH.Na.H2O/c2*1-17-13-14-18(15-17)12-10-8-6-4-2-3-5-7-9-11-16(19)20;13-11-9-7-5-3-1-2-4-6-8-10-12(14)15;1-6-3-2-5-4-6;1-2;2-1(3,4)5;2-1(3)4;;;;/h2*13-15H,2-12H2,1H3;1-11H2,(H,14,15);2-4H,1H3;2H,1H3;;;2*1H;;1H2/q;;;;;-1;;;;+1;. The molecule has 14 nitrogen and oxygen atoms in total. The van der Waals surface area contributed by atoms with E-state index < -0.39 is 32.7 Å². The van der Waals surface area contributed by atoms with Crippen LogP contribution < -0.4 is 60.4 Å². The summed E-state index contributed by atoms with van der Waals surface area (Å²) in [5.74, 6) is -1.99. The first-order valence-corrected chi connectivity index (χ1v) is 26.8. The van der Waals surface area contributed by atoms with E-state index in [4.69, 9.17) is 20.4 Å². The molecule has 3 aromatic rings. The topological polar surface area (TPSA) is 199 Å². The summed E-state index contributed by atoms with van der Waals surface area (Å²) in [6, 6.07) is 0. The number of aromatic nitrogens is 6. The van der Waals surface area contributed by atoms with Crippen molar-refractivity contribution in [3.05, 3.63) is 56.2 Å². The minimum Gasteiger partial charge on any atom is -1.00 e. The van der Waals surface area contributed by atoms with Crippen molar-refractivity contribution in [2.24, 2.45) is 21.1 Å². The Bertz CT molecular complexity index is 1540. The molecular weight excluding hydrogens is 1160 g/mol. The van der Waals surface area contributed by atoms with Crippen LogP contribution in [0.15, 0.2) is 56.2 Å². The first-order valence-electron chi connectivity index (χ1n) is 25.7. The molecule has 0 saturated carbocycles. The number of imidazole rings is 3. The molecule has 76 heavy (non-hydrogen) atoms. The number of hydrogen-bond donors (Lipinski definition) is 4. The van der Waals surface area contributed by atoms with Crippen molar-refractivity contribution >= 4 is 48.6 Å². The van der Waals surface area contributed by atoms with Gasteiger partial charge >= 0.3 is 62.3 Å². The van der Waals surface area contributed by atoms with Crippen molar-refractivity contribution in [3.8, 4) is 0 Å². The van der Waals surface area contributed by atoms with Gasteiger partial charge in [-0.15, -0.1) is 0 Å². The summed E-state index contributed by atoms with van der Waals surface area (Å²) in [6.45, 7) is 2.24. The number of nitrogens with zero attached hydrogens (tertiary/aromatic N) is 6. The largest absolute Gasteiger partial charge is 1.00 e. The Morgan fingerprint density at radius 1 is 0.539 bits per heavy atom. The summed E-state index contributed by atoms with van der Waals surface area (Å²) in [5.41, 5.74) is 0. The van der Waals surface area contributed by atoms with Gasteiger partial charge in [0.2, 0.25) is 12.7 Å². The summed E-state index contributed by atoms with van der Waals surface area (Å²) < 4.78 is 78.5. The molecule has 0 unspecified atom stereocenters. The number of aliphatic hydroxyl groups is 1. The maximum absolute atomic E-state index is 10.3. The zero-order chi connectivity index (χ0) is 55.1. The fourth-order valence-electron chi connectivity index (χ4n) is 6.82. The Morgan fingerprint density at radius 2 is 0.776 bits per heavy atom. The van der Waals surface area contributed by atoms with Crippen LogP contribution in [-0.2, 0) is 48.6 Å². The SMILES string of the molecule is CO.C[n+]1ccn(CCCCCCCCCCCC(=O)O)c1.C[n+]1ccn(CCCCCCCCCCCC(=O)O)c1.Cn1ccnc1.FB(F)F.F[B-](F)(F)F.O.O=C(O)CCCCCCCCCCCBr.[Br-].[F-].[Na+]. The number of carbonyl (C=O) groups is 3. The summed E-state index contributed by atoms with van der Waals surface area (Å²) >= 11 is 3.42. The second-order valence-corrected chi connectivity index (χ2v) is 18.1. The number of aryl methyl sites for hydroxylation is 5. The van der Waals surface area contributed by atoms with Gasteiger partial charge in [-0.3, -0.25) is 27.3 Å². The van der Waals surface area contributed by atoms with E-state index in [1.54, 1.807) is 12.5 Å². The predicted octanol–water partition coefficient (Wildman–Crippen LogP) is 3.36. The second-order valence-electron chi connectivity index (χ2n) is 17.3. The Labute approximate surface area is 490 Å². The maximum Gasteiger partial charge on any atom is 1.00 e. The predicted molar refractivity (Wildman–Crippen MR) is 281 cm³/mol. The maximum atomic E-state index is 10.3. The number of aliphatic carboxylic acids is 3. The van der Waals surface area contributed by atoms with E-state index in [1.165, 1.54) is 135 Å². The van der Waals surface area contributed by atoms with Crippen LogP contribution in [0, 0.1) is 0 Å². The first kappa shape index (κ1) is 90.0. The van der Waals surface area contributed by atoms with Crippen LogP contribution in [0.1, 0.15) is 193 Å². The van der Waals surface area contributed by atoms with E-state index in [-0.39, 0.29) is 56.7 Å². The molecule has 0 aromatic carbocycles. The number of carboxylic acid groups (broad SMARTS) is 3. The normalized spacial score (nSPS) is 9.70. The van der Waals surface area contributed by atoms with Gasteiger partial charge in [0.15, 0.2) is 0 Å². The van der Waals surface area contributed by atoms with Gasteiger partial charge in [-0.2, -0.15) is 0 Å². The summed E-state index contributed by atoms with van der Waals surface area (Å²) in [4.78, 5) is 34.7. The van der Waals surface area contributed by atoms with Crippen molar-refractivity contribution in [1.82, 2.24) is 18.7 Å². The van der Waals surface area contributed by atoms with Crippen molar-refractivity contribution in [3.63, 3.8) is 0 Å². The van der Waals surface area contributed by atoms with Crippen molar-refractivity contribution in [2.45, 2.75) is 206 Å². The third-order valence-electron chi connectivity index (χ3n) is 10.4. The van der Waals surface area contributed by atoms with E-state index in [0.29, 0.717) is 19.3 Å². The van der Waals surface area contributed by atoms with Gasteiger partial charge in [-0.1, -0.05) is 138 Å². The smallest absolute Gasteiger partial charge is 1.00 e. The van der Waals surface area contributed by atoms with Crippen LogP contribution >= 0.6 is 15.9 Å². The summed E-state index contributed by atoms with van der Waals surface area (Å²) in [7, 11) is -2.63.